The molecule has 0 bridgehead atoms. The van der Waals surface area contributed by atoms with Crippen LogP contribution < -0.4 is 4.74 Å². The van der Waals surface area contributed by atoms with Crippen LogP contribution in [-0.4, -0.2) is 18.2 Å². The fourth-order valence-electron chi connectivity index (χ4n) is 1.70. The zero-order chi connectivity index (χ0) is 11.5. The van der Waals surface area contributed by atoms with Crippen molar-refractivity contribution in [3.8, 4) is 5.75 Å². The van der Waals surface area contributed by atoms with Gasteiger partial charge in [-0.2, -0.15) is 0 Å². The first-order valence-electron chi connectivity index (χ1n) is 5.30. The van der Waals surface area contributed by atoms with E-state index in [1.165, 1.54) is 0 Å². The van der Waals surface area contributed by atoms with Crippen LogP contribution in [0.2, 0.25) is 0 Å². The molecule has 0 saturated heterocycles. The number of carboxylic acids is 1. The largest absolute Gasteiger partial charge is 0.496 e. The predicted molar refractivity (Wildman–Crippen MR) is 61.3 cm³/mol. The van der Waals surface area contributed by atoms with Crippen molar-refractivity contribution in [1.82, 2.24) is 0 Å². The van der Waals surface area contributed by atoms with Gasteiger partial charge in [-0.3, -0.25) is 0 Å². The van der Waals surface area contributed by atoms with Gasteiger partial charge in [0.05, 0.1) is 7.11 Å². The van der Waals surface area contributed by atoms with Gasteiger partial charge in [0.2, 0.25) is 0 Å². The van der Waals surface area contributed by atoms with E-state index >= 15 is 0 Å². The lowest BCUT2D eigenvalue weighted by atomic mass is 10.1. The third-order valence-electron chi connectivity index (χ3n) is 2.71. The Hall–Kier alpha value is -1.77. The van der Waals surface area contributed by atoms with E-state index in [2.05, 4.69) is 0 Å². The number of methoxy groups -OCH3 is 1. The van der Waals surface area contributed by atoms with Crippen LogP contribution in [0.4, 0.5) is 0 Å². The molecule has 0 radical (unpaired) electrons. The maximum Gasteiger partial charge on any atom is 0.331 e. The standard InChI is InChI=1S/C13H14O3/c1-16-12-5-3-2-4-10(12)8-11(13(14)15)9-6-7-9/h2-5,8-9H,6-7H2,1H3,(H,14,15)/b11-8-. The lowest BCUT2D eigenvalue weighted by molar-refractivity contribution is -0.132. The summed E-state index contributed by atoms with van der Waals surface area (Å²) in [6.45, 7) is 0. The molecule has 0 aliphatic heterocycles. The maximum absolute atomic E-state index is 11.1. The van der Waals surface area contributed by atoms with Gasteiger partial charge in [0.1, 0.15) is 5.75 Å². The highest BCUT2D eigenvalue weighted by Crippen LogP contribution is 2.38. The highest BCUT2D eigenvalue weighted by atomic mass is 16.5. The summed E-state index contributed by atoms with van der Waals surface area (Å²) in [6.07, 6.45) is 3.68. The molecular formula is C13H14O3. The lowest BCUT2D eigenvalue weighted by Gasteiger charge is -2.05. The van der Waals surface area contributed by atoms with Crippen LogP contribution in [0.1, 0.15) is 18.4 Å². The zero-order valence-electron chi connectivity index (χ0n) is 9.14. The average Bonchev–Trinajstić information content (AvgIpc) is 3.10. The summed E-state index contributed by atoms with van der Waals surface area (Å²) in [5, 5.41) is 9.10. The minimum Gasteiger partial charge on any atom is -0.496 e. The number of para-hydroxylation sites is 1. The van der Waals surface area contributed by atoms with E-state index in [1.54, 1.807) is 13.2 Å². The third-order valence-corrected chi connectivity index (χ3v) is 2.71. The maximum atomic E-state index is 11.1. The van der Waals surface area contributed by atoms with Crippen molar-refractivity contribution in [1.29, 1.82) is 0 Å². The van der Waals surface area contributed by atoms with Crippen molar-refractivity contribution >= 4 is 12.0 Å². The highest BCUT2D eigenvalue weighted by Gasteiger charge is 2.30. The third kappa shape index (κ3) is 2.24. The Bertz CT molecular complexity index is 431. The molecule has 0 aromatic heterocycles. The lowest BCUT2D eigenvalue weighted by Crippen LogP contribution is -2.02. The Morgan fingerprint density at radius 2 is 2.12 bits per heavy atom. The van der Waals surface area contributed by atoms with Gasteiger partial charge in [0.25, 0.3) is 0 Å². The molecule has 3 heteroatoms. The molecule has 1 aromatic carbocycles. The monoisotopic (exact) mass is 218 g/mol. The van der Waals surface area contributed by atoms with Gasteiger partial charge in [-0.15, -0.1) is 0 Å². The topological polar surface area (TPSA) is 46.5 Å². The van der Waals surface area contributed by atoms with Gasteiger partial charge in [0, 0.05) is 11.1 Å². The molecule has 0 atom stereocenters. The summed E-state index contributed by atoms with van der Waals surface area (Å²) < 4.78 is 5.19. The average molecular weight is 218 g/mol. The molecule has 0 amide bonds. The zero-order valence-corrected chi connectivity index (χ0v) is 9.14. The summed E-state index contributed by atoms with van der Waals surface area (Å²) in [5.41, 5.74) is 1.32. The van der Waals surface area contributed by atoms with E-state index in [1.807, 2.05) is 24.3 Å². The molecule has 1 aromatic rings. The molecule has 1 aliphatic rings. The van der Waals surface area contributed by atoms with Gasteiger partial charge < -0.3 is 9.84 Å². The summed E-state index contributed by atoms with van der Waals surface area (Å²) in [5.74, 6) is 0.109. The van der Waals surface area contributed by atoms with E-state index in [0.717, 1.165) is 18.4 Å². The number of aliphatic carboxylic acids is 1. The second kappa shape index (κ2) is 4.39. The summed E-state index contributed by atoms with van der Waals surface area (Å²) in [4.78, 5) is 11.1. The van der Waals surface area contributed by atoms with Gasteiger partial charge in [0.15, 0.2) is 0 Å². The predicted octanol–water partition coefficient (Wildman–Crippen LogP) is 2.57. The van der Waals surface area contributed by atoms with Gasteiger partial charge in [-0.05, 0) is 30.9 Å². The first kappa shape index (κ1) is 10.7. The smallest absolute Gasteiger partial charge is 0.331 e. The molecule has 3 nitrogen and oxygen atoms in total. The number of hydrogen-bond donors (Lipinski definition) is 1. The van der Waals surface area contributed by atoms with Crippen LogP contribution in [0.25, 0.3) is 6.08 Å². The van der Waals surface area contributed by atoms with Crippen LogP contribution in [0.5, 0.6) is 5.75 Å². The van der Waals surface area contributed by atoms with E-state index in [0.29, 0.717) is 11.3 Å². The van der Waals surface area contributed by atoms with E-state index in [9.17, 15) is 4.79 Å². The SMILES string of the molecule is COc1ccccc1/C=C(\C(=O)O)C1CC1. The van der Waals surface area contributed by atoms with Crippen LogP contribution in [0, 0.1) is 5.92 Å². The summed E-state index contributed by atoms with van der Waals surface area (Å²) >= 11 is 0. The molecule has 0 unspecified atom stereocenters. The number of carboxylic acid groups (broad SMARTS) is 1. The van der Waals surface area contributed by atoms with Crippen LogP contribution in [0.3, 0.4) is 0 Å². The molecule has 2 rings (SSSR count). The first-order valence-corrected chi connectivity index (χ1v) is 5.30. The molecule has 84 valence electrons. The van der Waals surface area contributed by atoms with E-state index in [-0.39, 0.29) is 5.92 Å². The second-order valence-corrected chi connectivity index (χ2v) is 3.92. The van der Waals surface area contributed by atoms with Crippen molar-refractivity contribution in [2.24, 2.45) is 5.92 Å². The van der Waals surface area contributed by atoms with E-state index in [4.69, 9.17) is 9.84 Å². The quantitative estimate of drug-likeness (QED) is 0.790. The van der Waals surface area contributed by atoms with Crippen LogP contribution in [-0.2, 0) is 4.79 Å². The minimum atomic E-state index is -0.826. The molecule has 0 heterocycles. The van der Waals surface area contributed by atoms with Crippen molar-refractivity contribution in [2.45, 2.75) is 12.8 Å². The van der Waals surface area contributed by atoms with Gasteiger partial charge in [-0.25, -0.2) is 4.79 Å². The van der Waals surface area contributed by atoms with E-state index < -0.39 is 5.97 Å². The first-order chi connectivity index (χ1) is 7.72. The number of carbonyl (C=O) groups is 1. The van der Waals surface area contributed by atoms with Crippen molar-refractivity contribution in [3.63, 3.8) is 0 Å². The molecule has 0 spiro atoms. The fraction of sp³-hybridized carbons (Fsp3) is 0.308. The molecular weight excluding hydrogens is 204 g/mol. The number of ether oxygens (including phenoxy) is 1. The highest BCUT2D eigenvalue weighted by molar-refractivity contribution is 5.93. The molecule has 1 N–H and O–H groups in total. The van der Waals surface area contributed by atoms with Crippen molar-refractivity contribution in [3.05, 3.63) is 35.4 Å². The second-order valence-electron chi connectivity index (χ2n) is 3.92. The molecule has 1 fully saturated rings. The Kier molecular flexibility index (Phi) is 2.95. The molecule has 16 heavy (non-hydrogen) atoms. The Labute approximate surface area is 94.4 Å². The van der Waals surface area contributed by atoms with Crippen molar-refractivity contribution < 1.29 is 14.6 Å². The summed E-state index contributed by atoms with van der Waals surface area (Å²) in [7, 11) is 1.59. The number of hydrogen-bond acceptors (Lipinski definition) is 2. The minimum absolute atomic E-state index is 0.224. The molecule has 1 aliphatic carbocycles. The Morgan fingerprint density at radius 1 is 1.44 bits per heavy atom. The number of rotatable bonds is 4. The van der Waals surface area contributed by atoms with Crippen molar-refractivity contribution in [2.75, 3.05) is 7.11 Å². The van der Waals surface area contributed by atoms with Gasteiger partial charge in [-0.1, -0.05) is 18.2 Å². The molecule has 1 saturated carbocycles. The summed E-state index contributed by atoms with van der Waals surface area (Å²) in [6, 6.07) is 7.44. The Balaban J connectivity index is 2.35. The number of benzene rings is 1. The van der Waals surface area contributed by atoms with Crippen LogP contribution >= 0.6 is 0 Å². The van der Waals surface area contributed by atoms with Crippen LogP contribution in [0.15, 0.2) is 29.8 Å². The normalized spacial score (nSPS) is 15.9. The fourth-order valence-corrected chi connectivity index (χ4v) is 1.70. The van der Waals surface area contributed by atoms with Gasteiger partial charge >= 0.3 is 5.97 Å². The Morgan fingerprint density at radius 3 is 2.69 bits per heavy atom.